The number of carbonyl (C=O) groups excluding carboxylic acids is 1. The van der Waals surface area contributed by atoms with Crippen LogP contribution in [0.25, 0.3) is 10.9 Å². The summed E-state index contributed by atoms with van der Waals surface area (Å²) in [5.41, 5.74) is 0.649. The third-order valence-electron chi connectivity index (χ3n) is 3.47. The third kappa shape index (κ3) is 3.61. The molecule has 1 N–H and O–H groups in total. The molecule has 0 saturated heterocycles. The van der Waals surface area contributed by atoms with Crippen LogP contribution >= 0.6 is 0 Å². The molecular formula is C16H21N3O4. The average Bonchev–Trinajstić information content (AvgIpc) is 2.59. The Morgan fingerprint density at radius 3 is 2.52 bits per heavy atom. The molecule has 2 rings (SSSR count). The summed E-state index contributed by atoms with van der Waals surface area (Å²) in [6.07, 6.45) is 4.71. The van der Waals surface area contributed by atoms with Crippen LogP contribution in [0.4, 0.5) is 5.82 Å². The molecule has 0 saturated carbocycles. The van der Waals surface area contributed by atoms with Crippen molar-refractivity contribution in [1.82, 2.24) is 9.97 Å². The van der Waals surface area contributed by atoms with Gasteiger partial charge in [0.25, 0.3) is 0 Å². The van der Waals surface area contributed by atoms with E-state index in [1.54, 1.807) is 21.3 Å². The highest BCUT2D eigenvalue weighted by molar-refractivity contribution is 5.96. The number of ether oxygens (including phenoxy) is 3. The van der Waals surface area contributed by atoms with Crippen LogP contribution in [-0.2, 0) is 4.79 Å². The number of rotatable bonds is 9. The predicted octanol–water partition coefficient (Wildman–Crippen LogP) is 2.44. The number of aldehydes is 1. The number of hydrogen-bond acceptors (Lipinski definition) is 7. The molecule has 0 aliphatic rings. The van der Waals surface area contributed by atoms with Gasteiger partial charge in [-0.3, -0.25) is 0 Å². The van der Waals surface area contributed by atoms with E-state index in [4.69, 9.17) is 14.2 Å². The Hall–Kier alpha value is -2.57. The summed E-state index contributed by atoms with van der Waals surface area (Å²) in [5, 5.41) is 4.06. The maximum atomic E-state index is 10.3. The van der Waals surface area contributed by atoms with Gasteiger partial charge in [-0.15, -0.1) is 0 Å². The van der Waals surface area contributed by atoms with Crippen molar-refractivity contribution in [3.8, 4) is 17.2 Å². The summed E-state index contributed by atoms with van der Waals surface area (Å²) in [6, 6.07) is 1.82. The van der Waals surface area contributed by atoms with Crippen molar-refractivity contribution < 1.29 is 19.0 Å². The minimum Gasteiger partial charge on any atom is -0.493 e. The fraction of sp³-hybridized carbons (Fsp3) is 0.438. The van der Waals surface area contributed by atoms with Gasteiger partial charge in [-0.1, -0.05) is 0 Å². The zero-order valence-electron chi connectivity index (χ0n) is 13.6. The summed E-state index contributed by atoms with van der Waals surface area (Å²) in [6.45, 7) is 0.719. The smallest absolute Gasteiger partial charge is 0.205 e. The Labute approximate surface area is 135 Å². The van der Waals surface area contributed by atoms with Crippen molar-refractivity contribution >= 4 is 23.0 Å². The Bertz CT molecular complexity index is 676. The Kier molecular flexibility index (Phi) is 5.96. The molecule has 23 heavy (non-hydrogen) atoms. The van der Waals surface area contributed by atoms with E-state index >= 15 is 0 Å². The van der Waals surface area contributed by atoms with Crippen LogP contribution in [0.1, 0.15) is 19.3 Å². The van der Waals surface area contributed by atoms with Gasteiger partial charge in [0.2, 0.25) is 5.75 Å². The molecule has 1 aromatic heterocycles. The van der Waals surface area contributed by atoms with E-state index in [-0.39, 0.29) is 0 Å². The summed E-state index contributed by atoms with van der Waals surface area (Å²) < 4.78 is 16.2. The van der Waals surface area contributed by atoms with E-state index < -0.39 is 0 Å². The largest absolute Gasteiger partial charge is 0.493 e. The molecule has 0 atom stereocenters. The van der Waals surface area contributed by atoms with Gasteiger partial charge in [0.1, 0.15) is 23.9 Å². The summed E-state index contributed by atoms with van der Waals surface area (Å²) in [4.78, 5) is 18.9. The van der Waals surface area contributed by atoms with Gasteiger partial charge in [0.05, 0.1) is 26.7 Å². The van der Waals surface area contributed by atoms with Crippen LogP contribution in [0.2, 0.25) is 0 Å². The molecule has 2 aromatic rings. The highest BCUT2D eigenvalue weighted by atomic mass is 16.5. The molecule has 0 bridgehead atoms. The highest BCUT2D eigenvalue weighted by Crippen LogP contribution is 2.43. The lowest BCUT2D eigenvalue weighted by atomic mass is 10.1. The Balaban J connectivity index is 2.37. The summed E-state index contributed by atoms with van der Waals surface area (Å²) in [7, 11) is 4.68. The Morgan fingerprint density at radius 1 is 1.09 bits per heavy atom. The number of anilines is 1. The quantitative estimate of drug-likeness (QED) is 0.561. The topological polar surface area (TPSA) is 82.6 Å². The van der Waals surface area contributed by atoms with E-state index in [0.717, 1.165) is 31.1 Å². The molecule has 0 amide bonds. The first-order valence-electron chi connectivity index (χ1n) is 7.38. The number of nitrogens with one attached hydrogen (secondary N) is 1. The fourth-order valence-corrected chi connectivity index (χ4v) is 2.36. The average molecular weight is 319 g/mol. The normalized spacial score (nSPS) is 10.4. The molecule has 0 radical (unpaired) electrons. The SMILES string of the molecule is COc1cc2c(NCCCCC=O)ncnc2c(OC)c1OC. The fourth-order valence-electron chi connectivity index (χ4n) is 2.36. The van der Waals surface area contributed by atoms with Crippen molar-refractivity contribution in [1.29, 1.82) is 0 Å². The number of hydrogen-bond donors (Lipinski definition) is 1. The number of benzene rings is 1. The first-order valence-corrected chi connectivity index (χ1v) is 7.38. The molecule has 1 heterocycles. The van der Waals surface area contributed by atoms with Gasteiger partial charge >= 0.3 is 0 Å². The number of carbonyl (C=O) groups is 1. The van der Waals surface area contributed by atoms with Gasteiger partial charge in [-0.25, -0.2) is 9.97 Å². The van der Waals surface area contributed by atoms with Crippen molar-refractivity contribution in [3.05, 3.63) is 12.4 Å². The summed E-state index contributed by atoms with van der Waals surface area (Å²) >= 11 is 0. The van der Waals surface area contributed by atoms with E-state index in [9.17, 15) is 4.79 Å². The lowest BCUT2D eigenvalue weighted by Crippen LogP contribution is -2.05. The van der Waals surface area contributed by atoms with Gasteiger partial charge in [-0.2, -0.15) is 0 Å². The zero-order chi connectivity index (χ0) is 16.7. The maximum Gasteiger partial charge on any atom is 0.205 e. The van der Waals surface area contributed by atoms with Crippen molar-refractivity contribution in [2.45, 2.75) is 19.3 Å². The lowest BCUT2D eigenvalue weighted by molar-refractivity contribution is -0.107. The van der Waals surface area contributed by atoms with E-state index in [1.807, 2.05) is 6.07 Å². The molecule has 1 aromatic carbocycles. The second kappa shape index (κ2) is 8.17. The van der Waals surface area contributed by atoms with Crippen LogP contribution in [0.3, 0.4) is 0 Å². The van der Waals surface area contributed by atoms with Gasteiger partial charge < -0.3 is 24.3 Å². The van der Waals surface area contributed by atoms with E-state index in [2.05, 4.69) is 15.3 Å². The third-order valence-corrected chi connectivity index (χ3v) is 3.47. The second-order valence-corrected chi connectivity index (χ2v) is 4.85. The first-order chi connectivity index (χ1) is 11.3. The van der Waals surface area contributed by atoms with Gasteiger partial charge in [0, 0.05) is 13.0 Å². The molecule has 0 fully saturated rings. The first kappa shape index (κ1) is 16.8. The highest BCUT2D eigenvalue weighted by Gasteiger charge is 2.19. The Morgan fingerprint density at radius 2 is 1.87 bits per heavy atom. The molecule has 0 aliphatic carbocycles. The van der Waals surface area contributed by atoms with E-state index in [0.29, 0.717) is 35.0 Å². The molecule has 0 spiro atoms. The van der Waals surface area contributed by atoms with Crippen molar-refractivity contribution in [2.24, 2.45) is 0 Å². The maximum absolute atomic E-state index is 10.3. The van der Waals surface area contributed by atoms with Crippen LogP contribution in [0.5, 0.6) is 17.2 Å². The van der Waals surface area contributed by atoms with Crippen molar-refractivity contribution in [3.63, 3.8) is 0 Å². The van der Waals surface area contributed by atoms with Crippen molar-refractivity contribution in [2.75, 3.05) is 33.2 Å². The van der Waals surface area contributed by atoms with Crippen LogP contribution in [0, 0.1) is 0 Å². The zero-order valence-corrected chi connectivity index (χ0v) is 13.6. The molecule has 124 valence electrons. The summed E-state index contributed by atoms with van der Waals surface area (Å²) in [5.74, 6) is 2.25. The molecule has 0 aliphatic heterocycles. The molecule has 0 unspecified atom stereocenters. The predicted molar refractivity (Wildman–Crippen MR) is 87.6 cm³/mol. The lowest BCUT2D eigenvalue weighted by Gasteiger charge is -2.15. The monoisotopic (exact) mass is 319 g/mol. The van der Waals surface area contributed by atoms with Crippen LogP contribution in [-0.4, -0.2) is 44.1 Å². The number of fused-ring (bicyclic) bond motifs is 1. The minimum atomic E-state index is 0.498. The molecule has 7 heteroatoms. The van der Waals surface area contributed by atoms with Crippen LogP contribution in [0.15, 0.2) is 12.4 Å². The number of unbranched alkanes of at least 4 members (excludes halogenated alkanes) is 2. The molecule has 7 nitrogen and oxygen atoms in total. The number of nitrogens with zero attached hydrogens (tertiary/aromatic N) is 2. The minimum absolute atomic E-state index is 0.498. The van der Waals surface area contributed by atoms with Crippen LogP contribution < -0.4 is 19.5 Å². The number of methoxy groups -OCH3 is 3. The number of aromatic nitrogens is 2. The van der Waals surface area contributed by atoms with Gasteiger partial charge in [-0.05, 0) is 18.9 Å². The second-order valence-electron chi connectivity index (χ2n) is 4.85. The van der Waals surface area contributed by atoms with Gasteiger partial charge in [0.15, 0.2) is 11.5 Å². The van der Waals surface area contributed by atoms with E-state index in [1.165, 1.54) is 6.33 Å². The standard InChI is InChI=1S/C16H21N3O4/c1-21-12-9-11-13(15(23-3)14(12)22-2)18-10-19-16(11)17-7-5-4-6-8-20/h8-10H,4-7H2,1-3H3,(H,17,18,19). The molecular weight excluding hydrogens is 298 g/mol.